The summed E-state index contributed by atoms with van der Waals surface area (Å²) in [4.78, 5) is 15.4. The van der Waals surface area contributed by atoms with Crippen LogP contribution in [-0.2, 0) is 4.79 Å². The molecule has 0 N–H and O–H groups in total. The Morgan fingerprint density at radius 1 is 1.17 bits per heavy atom. The third-order valence-corrected chi connectivity index (χ3v) is 5.99. The Morgan fingerprint density at radius 3 is 2.43 bits per heavy atom. The van der Waals surface area contributed by atoms with E-state index < -0.39 is 0 Å². The van der Waals surface area contributed by atoms with E-state index in [0.29, 0.717) is 12.0 Å². The molecule has 1 heterocycles. The van der Waals surface area contributed by atoms with Gasteiger partial charge in [-0.05, 0) is 36.0 Å². The van der Waals surface area contributed by atoms with E-state index in [1.54, 1.807) is 0 Å². The van der Waals surface area contributed by atoms with E-state index in [4.69, 9.17) is 12.2 Å². The highest BCUT2D eigenvalue weighted by atomic mass is 32.2. The van der Waals surface area contributed by atoms with Crippen molar-refractivity contribution in [2.45, 2.75) is 57.9 Å². The first-order chi connectivity index (χ1) is 11.1. The molecule has 2 nitrogen and oxygen atoms in total. The summed E-state index contributed by atoms with van der Waals surface area (Å²) in [5, 5.41) is 0. The zero-order valence-corrected chi connectivity index (χ0v) is 15.4. The van der Waals surface area contributed by atoms with Gasteiger partial charge in [0.05, 0.1) is 4.91 Å². The zero-order valence-electron chi connectivity index (χ0n) is 13.7. The quantitative estimate of drug-likeness (QED) is 0.544. The lowest BCUT2D eigenvalue weighted by atomic mass is 9.94. The second kappa shape index (κ2) is 7.18. The molecule has 0 radical (unpaired) electrons. The molecule has 0 atom stereocenters. The normalized spacial score (nSPS) is 21.7. The first kappa shape index (κ1) is 16.7. The Kier molecular flexibility index (Phi) is 5.22. The summed E-state index contributed by atoms with van der Waals surface area (Å²) in [5.74, 6) is 0.619. The number of thioether (sulfide) groups is 1. The lowest BCUT2D eigenvalue weighted by Crippen LogP contribution is -2.39. The number of carbonyl (C=O) groups is 1. The minimum atomic E-state index is 0.0971. The monoisotopic (exact) mass is 345 g/mol. The van der Waals surface area contributed by atoms with Gasteiger partial charge in [0.25, 0.3) is 5.91 Å². The highest BCUT2D eigenvalue weighted by Gasteiger charge is 2.37. The standard InChI is InChI=1S/C19H23NOS2/c1-13(2)15-10-8-14(9-11-15)12-17-18(21)20(19(22)23-17)16-6-4-3-5-7-16/h8-13,16H,3-7H2,1-2H3/b17-12+. The SMILES string of the molecule is CC(C)c1ccc(/C=C2/SC(=S)N(C3CCCCC3)C2=O)cc1. The first-order valence-corrected chi connectivity index (χ1v) is 9.66. The smallest absolute Gasteiger partial charge is 0.266 e. The van der Waals surface area contributed by atoms with Crippen molar-refractivity contribution in [2.24, 2.45) is 0 Å². The van der Waals surface area contributed by atoms with Gasteiger partial charge in [-0.15, -0.1) is 0 Å². The summed E-state index contributed by atoms with van der Waals surface area (Å²) in [6.45, 7) is 4.37. The van der Waals surface area contributed by atoms with Crippen LogP contribution in [0, 0.1) is 0 Å². The van der Waals surface area contributed by atoms with Crippen LogP contribution >= 0.6 is 24.0 Å². The van der Waals surface area contributed by atoms with Crippen LogP contribution in [0.5, 0.6) is 0 Å². The van der Waals surface area contributed by atoms with Crippen LogP contribution in [0.2, 0.25) is 0 Å². The number of carbonyl (C=O) groups excluding carboxylic acids is 1. The van der Waals surface area contributed by atoms with E-state index in [9.17, 15) is 4.79 Å². The van der Waals surface area contributed by atoms with Crippen molar-refractivity contribution < 1.29 is 4.79 Å². The van der Waals surface area contributed by atoms with Crippen molar-refractivity contribution in [2.75, 3.05) is 0 Å². The van der Waals surface area contributed by atoms with Gasteiger partial charge in [0.15, 0.2) is 0 Å². The number of amides is 1. The summed E-state index contributed by atoms with van der Waals surface area (Å²) in [6.07, 6.45) is 7.84. The molecule has 1 aromatic rings. The van der Waals surface area contributed by atoms with Gasteiger partial charge in [-0.25, -0.2) is 0 Å². The molecule has 0 spiro atoms. The molecule has 4 heteroatoms. The van der Waals surface area contributed by atoms with E-state index in [1.807, 2.05) is 11.0 Å². The number of rotatable bonds is 3. The van der Waals surface area contributed by atoms with Crippen molar-refractivity contribution in [3.05, 3.63) is 40.3 Å². The van der Waals surface area contributed by atoms with Crippen LogP contribution in [0.4, 0.5) is 0 Å². The minimum absolute atomic E-state index is 0.0971. The van der Waals surface area contributed by atoms with E-state index in [0.717, 1.165) is 27.6 Å². The van der Waals surface area contributed by atoms with E-state index in [-0.39, 0.29) is 5.91 Å². The van der Waals surface area contributed by atoms with Crippen LogP contribution in [-0.4, -0.2) is 21.2 Å². The third-order valence-electron chi connectivity index (χ3n) is 4.66. The summed E-state index contributed by atoms with van der Waals surface area (Å²) in [6, 6.07) is 8.76. The lowest BCUT2D eigenvalue weighted by molar-refractivity contribution is -0.124. The van der Waals surface area contributed by atoms with Crippen LogP contribution in [0.25, 0.3) is 6.08 Å². The van der Waals surface area contributed by atoms with Crippen molar-refractivity contribution in [3.63, 3.8) is 0 Å². The fourth-order valence-electron chi connectivity index (χ4n) is 3.26. The maximum atomic E-state index is 12.7. The van der Waals surface area contributed by atoms with Crippen molar-refractivity contribution in [3.8, 4) is 0 Å². The molecule has 122 valence electrons. The van der Waals surface area contributed by atoms with Crippen molar-refractivity contribution in [1.29, 1.82) is 0 Å². The first-order valence-electron chi connectivity index (χ1n) is 8.43. The number of hydrogen-bond donors (Lipinski definition) is 0. The predicted octanol–water partition coefficient (Wildman–Crippen LogP) is 5.34. The molecule has 0 bridgehead atoms. The van der Waals surface area contributed by atoms with Crippen LogP contribution in [0.3, 0.4) is 0 Å². The summed E-state index contributed by atoms with van der Waals surface area (Å²) in [7, 11) is 0. The van der Waals surface area contributed by atoms with E-state index >= 15 is 0 Å². The van der Waals surface area contributed by atoms with Gasteiger partial charge in [-0.2, -0.15) is 0 Å². The van der Waals surface area contributed by atoms with Gasteiger partial charge in [0.1, 0.15) is 4.32 Å². The molecule has 1 aliphatic carbocycles. The second-order valence-electron chi connectivity index (χ2n) is 6.66. The van der Waals surface area contributed by atoms with Crippen LogP contribution in [0.1, 0.15) is 63.0 Å². The maximum Gasteiger partial charge on any atom is 0.266 e. The Balaban J connectivity index is 1.78. The molecule has 2 fully saturated rings. The Morgan fingerprint density at radius 2 is 1.83 bits per heavy atom. The molecular formula is C19H23NOS2. The molecular weight excluding hydrogens is 322 g/mol. The van der Waals surface area contributed by atoms with Gasteiger partial charge < -0.3 is 0 Å². The number of benzene rings is 1. The molecule has 23 heavy (non-hydrogen) atoms. The van der Waals surface area contributed by atoms with Gasteiger partial charge in [-0.3, -0.25) is 9.69 Å². The fraction of sp³-hybridized carbons (Fsp3) is 0.474. The summed E-state index contributed by atoms with van der Waals surface area (Å²) < 4.78 is 0.729. The Labute approximate surface area is 148 Å². The third kappa shape index (κ3) is 3.69. The molecule has 2 aliphatic rings. The van der Waals surface area contributed by atoms with Gasteiger partial charge >= 0.3 is 0 Å². The van der Waals surface area contributed by atoms with Gasteiger partial charge in [0.2, 0.25) is 0 Å². The van der Waals surface area contributed by atoms with E-state index in [2.05, 4.69) is 38.1 Å². The molecule has 1 amide bonds. The highest BCUT2D eigenvalue weighted by Crippen LogP contribution is 2.37. The average molecular weight is 346 g/mol. The van der Waals surface area contributed by atoms with Crippen molar-refractivity contribution >= 4 is 40.3 Å². The number of nitrogens with zero attached hydrogens (tertiary/aromatic N) is 1. The summed E-state index contributed by atoms with van der Waals surface area (Å²) in [5.41, 5.74) is 2.38. The van der Waals surface area contributed by atoms with Crippen LogP contribution in [0.15, 0.2) is 29.2 Å². The maximum absolute atomic E-state index is 12.7. The molecule has 0 aromatic heterocycles. The minimum Gasteiger partial charge on any atom is -0.290 e. The van der Waals surface area contributed by atoms with Gasteiger partial charge in [-0.1, -0.05) is 81.4 Å². The molecule has 1 saturated carbocycles. The highest BCUT2D eigenvalue weighted by molar-refractivity contribution is 8.26. The average Bonchev–Trinajstić information content (AvgIpc) is 2.82. The molecule has 1 saturated heterocycles. The van der Waals surface area contributed by atoms with Crippen LogP contribution < -0.4 is 0 Å². The largest absolute Gasteiger partial charge is 0.290 e. The molecule has 1 aromatic carbocycles. The Hall–Kier alpha value is -1.13. The number of thiocarbonyl (C=S) groups is 1. The predicted molar refractivity (Wildman–Crippen MR) is 102 cm³/mol. The second-order valence-corrected chi connectivity index (χ2v) is 8.34. The summed E-state index contributed by atoms with van der Waals surface area (Å²) >= 11 is 6.92. The van der Waals surface area contributed by atoms with Gasteiger partial charge in [0, 0.05) is 6.04 Å². The lowest BCUT2D eigenvalue weighted by Gasteiger charge is -2.29. The van der Waals surface area contributed by atoms with Crippen molar-refractivity contribution in [1.82, 2.24) is 4.90 Å². The van der Waals surface area contributed by atoms with E-state index in [1.165, 1.54) is 36.6 Å². The molecule has 0 unspecified atom stereocenters. The Bertz CT molecular complexity index is 627. The molecule has 3 rings (SSSR count). The topological polar surface area (TPSA) is 20.3 Å². The fourth-order valence-corrected chi connectivity index (χ4v) is 4.66. The number of hydrogen-bond acceptors (Lipinski definition) is 3. The molecule has 1 aliphatic heterocycles. The zero-order chi connectivity index (χ0) is 16.4.